The van der Waals surface area contributed by atoms with Gasteiger partial charge in [0.2, 0.25) is 0 Å². The maximum absolute atomic E-state index is 12.6. The topological polar surface area (TPSA) is 65.1 Å². The SMILES string of the molecule is COC(=O)C(C)CN(CC1CCCO1)C(=O)C1CCCO1. The Morgan fingerprint density at radius 1 is 1.24 bits per heavy atom. The highest BCUT2D eigenvalue weighted by Crippen LogP contribution is 2.19. The van der Waals surface area contributed by atoms with E-state index in [0.717, 1.165) is 32.3 Å². The van der Waals surface area contributed by atoms with E-state index in [1.54, 1.807) is 11.8 Å². The molecule has 0 aromatic carbocycles. The summed E-state index contributed by atoms with van der Waals surface area (Å²) < 4.78 is 15.8. The molecule has 0 aromatic heterocycles. The molecule has 0 saturated carbocycles. The number of carbonyl (C=O) groups excluding carboxylic acids is 2. The largest absolute Gasteiger partial charge is 0.469 e. The fourth-order valence-corrected chi connectivity index (χ4v) is 2.87. The Morgan fingerprint density at radius 2 is 1.95 bits per heavy atom. The Balaban J connectivity index is 1.97. The van der Waals surface area contributed by atoms with Gasteiger partial charge in [0, 0.05) is 26.3 Å². The van der Waals surface area contributed by atoms with Crippen molar-refractivity contribution in [2.45, 2.75) is 44.8 Å². The van der Waals surface area contributed by atoms with Crippen molar-refractivity contribution < 1.29 is 23.8 Å². The first-order valence-corrected chi connectivity index (χ1v) is 7.71. The van der Waals surface area contributed by atoms with E-state index in [1.807, 2.05) is 0 Å². The molecule has 2 fully saturated rings. The first-order chi connectivity index (χ1) is 10.1. The smallest absolute Gasteiger partial charge is 0.310 e. The minimum Gasteiger partial charge on any atom is -0.469 e. The first kappa shape index (κ1) is 16.2. The van der Waals surface area contributed by atoms with E-state index in [-0.39, 0.29) is 30.0 Å². The van der Waals surface area contributed by atoms with Crippen molar-refractivity contribution in [3.05, 3.63) is 0 Å². The standard InChI is InChI=1S/C15H25NO5/c1-11(15(18)19-2)9-16(10-12-5-3-7-20-12)14(17)13-6-4-8-21-13/h11-13H,3-10H2,1-2H3. The van der Waals surface area contributed by atoms with Gasteiger partial charge in [0.1, 0.15) is 6.10 Å². The van der Waals surface area contributed by atoms with Crippen LogP contribution in [-0.4, -0.2) is 62.4 Å². The summed E-state index contributed by atoms with van der Waals surface area (Å²) in [6, 6.07) is 0. The second-order valence-electron chi connectivity index (χ2n) is 5.80. The number of hydrogen-bond donors (Lipinski definition) is 0. The van der Waals surface area contributed by atoms with Crippen molar-refractivity contribution in [2.75, 3.05) is 33.4 Å². The molecule has 0 radical (unpaired) electrons. The quantitative estimate of drug-likeness (QED) is 0.684. The van der Waals surface area contributed by atoms with Crippen LogP contribution in [0.2, 0.25) is 0 Å². The van der Waals surface area contributed by atoms with Crippen LogP contribution >= 0.6 is 0 Å². The van der Waals surface area contributed by atoms with Gasteiger partial charge in [0.25, 0.3) is 5.91 Å². The lowest BCUT2D eigenvalue weighted by molar-refractivity contribution is -0.149. The first-order valence-electron chi connectivity index (χ1n) is 7.71. The minimum absolute atomic E-state index is 0.0289. The molecule has 3 atom stereocenters. The summed E-state index contributed by atoms with van der Waals surface area (Å²) in [6.45, 7) is 4.04. The van der Waals surface area contributed by atoms with Gasteiger partial charge < -0.3 is 19.1 Å². The fraction of sp³-hybridized carbons (Fsp3) is 0.867. The summed E-state index contributed by atoms with van der Waals surface area (Å²) in [6.07, 6.45) is 3.36. The van der Waals surface area contributed by atoms with Crippen molar-refractivity contribution in [1.29, 1.82) is 0 Å². The molecule has 2 heterocycles. The molecule has 0 aliphatic carbocycles. The maximum atomic E-state index is 12.6. The molecule has 120 valence electrons. The van der Waals surface area contributed by atoms with Crippen LogP contribution in [0.15, 0.2) is 0 Å². The molecule has 0 bridgehead atoms. The van der Waals surface area contributed by atoms with E-state index in [9.17, 15) is 9.59 Å². The van der Waals surface area contributed by atoms with Crippen LogP contribution in [0.3, 0.4) is 0 Å². The van der Waals surface area contributed by atoms with Crippen LogP contribution in [0, 0.1) is 5.92 Å². The van der Waals surface area contributed by atoms with Gasteiger partial charge in [0.05, 0.1) is 19.1 Å². The Labute approximate surface area is 125 Å². The maximum Gasteiger partial charge on any atom is 0.310 e. The van der Waals surface area contributed by atoms with Crippen LogP contribution in [0.25, 0.3) is 0 Å². The molecule has 3 unspecified atom stereocenters. The molecule has 2 aliphatic heterocycles. The van der Waals surface area contributed by atoms with Crippen LogP contribution in [-0.2, 0) is 23.8 Å². The number of carbonyl (C=O) groups is 2. The molecule has 21 heavy (non-hydrogen) atoms. The van der Waals surface area contributed by atoms with Crippen LogP contribution < -0.4 is 0 Å². The number of amides is 1. The number of nitrogens with zero attached hydrogens (tertiary/aromatic N) is 1. The van der Waals surface area contributed by atoms with E-state index in [4.69, 9.17) is 14.2 Å². The second kappa shape index (κ2) is 7.75. The lowest BCUT2D eigenvalue weighted by Gasteiger charge is -2.29. The van der Waals surface area contributed by atoms with Crippen molar-refractivity contribution in [3.8, 4) is 0 Å². The van der Waals surface area contributed by atoms with Gasteiger partial charge in [0.15, 0.2) is 0 Å². The fourth-order valence-electron chi connectivity index (χ4n) is 2.87. The normalized spacial score (nSPS) is 26.6. The van der Waals surface area contributed by atoms with Gasteiger partial charge in [-0.2, -0.15) is 0 Å². The molecule has 2 aliphatic rings. The molecule has 6 heteroatoms. The Kier molecular flexibility index (Phi) is 5.99. The molecule has 2 saturated heterocycles. The van der Waals surface area contributed by atoms with Crippen molar-refractivity contribution in [2.24, 2.45) is 5.92 Å². The Bertz CT molecular complexity index is 361. The zero-order valence-corrected chi connectivity index (χ0v) is 12.9. The number of methoxy groups -OCH3 is 1. The third-order valence-electron chi connectivity index (χ3n) is 4.06. The number of rotatable bonds is 6. The molecular weight excluding hydrogens is 274 g/mol. The predicted molar refractivity (Wildman–Crippen MR) is 75.7 cm³/mol. The predicted octanol–water partition coefficient (Wildman–Crippen LogP) is 0.982. The minimum atomic E-state index is -0.365. The molecule has 0 spiro atoms. The van der Waals surface area contributed by atoms with E-state index < -0.39 is 0 Å². The Morgan fingerprint density at radius 3 is 2.52 bits per heavy atom. The van der Waals surface area contributed by atoms with Gasteiger partial charge in [-0.15, -0.1) is 0 Å². The van der Waals surface area contributed by atoms with Gasteiger partial charge in [-0.05, 0) is 25.7 Å². The lowest BCUT2D eigenvalue weighted by Crippen LogP contribution is -2.46. The number of esters is 1. The van der Waals surface area contributed by atoms with Crippen molar-refractivity contribution in [3.63, 3.8) is 0 Å². The van der Waals surface area contributed by atoms with Crippen LogP contribution in [0.5, 0.6) is 0 Å². The number of ether oxygens (including phenoxy) is 3. The summed E-state index contributed by atoms with van der Waals surface area (Å²) in [4.78, 5) is 25.9. The Hall–Kier alpha value is -1.14. The third-order valence-corrected chi connectivity index (χ3v) is 4.06. The average molecular weight is 299 g/mol. The van der Waals surface area contributed by atoms with Gasteiger partial charge in [-0.1, -0.05) is 6.92 Å². The van der Waals surface area contributed by atoms with Crippen molar-refractivity contribution in [1.82, 2.24) is 4.90 Å². The molecule has 1 amide bonds. The summed E-state index contributed by atoms with van der Waals surface area (Å²) in [5, 5.41) is 0. The van der Waals surface area contributed by atoms with Crippen LogP contribution in [0.4, 0.5) is 0 Å². The van der Waals surface area contributed by atoms with E-state index in [2.05, 4.69) is 0 Å². The second-order valence-corrected chi connectivity index (χ2v) is 5.80. The summed E-state index contributed by atoms with van der Waals surface area (Å²) in [7, 11) is 1.37. The third kappa shape index (κ3) is 4.41. The zero-order chi connectivity index (χ0) is 15.2. The molecule has 0 N–H and O–H groups in total. The highest BCUT2D eigenvalue weighted by atomic mass is 16.5. The van der Waals surface area contributed by atoms with Crippen molar-refractivity contribution >= 4 is 11.9 Å². The van der Waals surface area contributed by atoms with E-state index >= 15 is 0 Å². The highest BCUT2D eigenvalue weighted by molar-refractivity contribution is 5.82. The molecule has 6 nitrogen and oxygen atoms in total. The van der Waals surface area contributed by atoms with Gasteiger partial charge in [-0.25, -0.2) is 0 Å². The van der Waals surface area contributed by atoms with E-state index in [1.165, 1.54) is 7.11 Å². The summed E-state index contributed by atoms with van der Waals surface area (Å²) in [5.41, 5.74) is 0. The monoisotopic (exact) mass is 299 g/mol. The zero-order valence-electron chi connectivity index (χ0n) is 12.9. The summed E-state index contributed by atoms with van der Waals surface area (Å²) in [5.74, 6) is -0.673. The van der Waals surface area contributed by atoms with E-state index in [0.29, 0.717) is 19.7 Å². The highest BCUT2D eigenvalue weighted by Gasteiger charge is 2.32. The number of hydrogen-bond acceptors (Lipinski definition) is 5. The van der Waals surface area contributed by atoms with Gasteiger partial charge in [-0.3, -0.25) is 9.59 Å². The average Bonchev–Trinajstić information content (AvgIpc) is 3.17. The molecular formula is C15H25NO5. The van der Waals surface area contributed by atoms with Crippen LogP contribution in [0.1, 0.15) is 32.6 Å². The molecule has 2 rings (SSSR count). The summed E-state index contributed by atoms with van der Waals surface area (Å²) >= 11 is 0. The van der Waals surface area contributed by atoms with Gasteiger partial charge >= 0.3 is 5.97 Å². The lowest BCUT2D eigenvalue weighted by atomic mass is 10.1. The molecule has 0 aromatic rings.